The van der Waals surface area contributed by atoms with E-state index in [1.165, 1.54) is 7.11 Å². The van der Waals surface area contributed by atoms with Crippen molar-refractivity contribution < 1.29 is 9.53 Å². The Labute approximate surface area is 124 Å². The summed E-state index contributed by atoms with van der Waals surface area (Å²) in [6, 6.07) is 9.21. The van der Waals surface area contributed by atoms with Gasteiger partial charge in [0.15, 0.2) is 5.82 Å². The number of anilines is 1. The highest BCUT2D eigenvalue weighted by atomic mass is 16.5. The number of rotatable bonds is 5. The average Bonchev–Trinajstić information content (AvgIpc) is 2.52. The Morgan fingerprint density at radius 1 is 1.29 bits per heavy atom. The summed E-state index contributed by atoms with van der Waals surface area (Å²) >= 11 is 0. The summed E-state index contributed by atoms with van der Waals surface area (Å²) in [5.74, 6) is 0.435. The second-order valence-corrected chi connectivity index (χ2v) is 4.73. The molecule has 0 aliphatic heterocycles. The van der Waals surface area contributed by atoms with E-state index in [1.54, 1.807) is 6.20 Å². The fourth-order valence-corrected chi connectivity index (χ4v) is 1.97. The Morgan fingerprint density at radius 3 is 2.57 bits per heavy atom. The summed E-state index contributed by atoms with van der Waals surface area (Å²) < 4.78 is 4.76. The van der Waals surface area contributed by atoms with Gasteiger partial charge in [-0.1, -0.05) is 6.92 Å². The summed E-state index contributed by atoms with van der Waals surface area (Å²) in [6.45, 7) is 3.87. The largest absolute Gasteiger partial charge is 0.467 e. The van der Waals surface area contributed by atoms with Crippen molar-refractivity contribution in [2.75, 3.05) is 12.4 Å². The maximum Gasteiger partial charge on any atom is 0.328 e. The van der Waals surface area contributed by atoms with E-state index in [4.69, 9.17) is 4.74 Å². The van der Waals surface area contributed by atoms with E-state index < -0.39 is 0 Å². The van der Waals surface area contributed by atoms with Crippen molar-refractivity contribution in [3.63, 3.8) is 0 Å². The van der Waals surface area contributed by atoms with Crippen LogP contribution >= 0.6 is 0 Å². The molecule has 0 aliphatic rings. The van der Waals surface area contributed by atoms with Crippen molar-refractivity contribution in [3.05, 3.63) is 42.2 Å². The molecule has 0 aliphatic carbocycles. The molecule has 2 aromatic rings. The van der Waals surface area contributed by atoms with Crippen LogP contribution < -0.4 is 5.32 Å². The smallest absolute Gasteiger partial charge is 0.328 e. The minimum Gasteiger partial charge on any atom is -0.467 e. The summed E-state index contributed by atoms with van der Waals surface area (Å²) in [7, 11) is 1.39. The van der Waals surface area contributed by atoms with E-state index in [-0.39, 0.29) is 12.0 Å². The lowest BCUT2D eigenvalue weighted by Gasteiger charge is -2.15. The van der Waals surface area contributed by atoms with Gasteiger partial charge in [0.1, 0.15) is 6.04 Å². The van der Waals surface area contributed by atoms with Gasteiger partial charge < -0.3 is 10.1 Å². The molecule has 5 nitrogen and oxygen atoms in total. The molecule has 0 saturated heterocycles. The molecule has 1 heterocycles. The Bertz CT molecular complexity index is 611. The van der Waals surface area contributed by atoms with E-state index in [0.717, 1.165) is 16.9 Å². The maximum absolute atomic E-state index is 11.6. The molecule has 110 valence electrons. The standard InChI is InChI=1S/C16H19N3O2/c1-4-14(16(20)21-3)19-13-7-5-12(6-8-13)15-17-10-9-11(2)18-15/h5-10,14,19H,4H2,1-3H3/t14-/m0/s1. The van der Waals surface area contributed by atoms with Crippen molar-refractivity contribution in [2.45, 2.75) is 26.3 Å². The van der Waals surface area contributed by atoms with Gasteiger partial charge in [0.05, 0.1) is 7.11 Å². The molecule has 2 rings (SSSR count). The number of esters is 1. The number of aromatic nitrogens is 2. The number of hydrogen-bond donors (Lipinski definition) is 1. The van der Waals surface area contributed by atoms with Crippen LogP contribution in [0.4, 0.5) is 5.69 Å². The van der Waals surface area contributed by atoms with Crippen LogP contribution in [0, 0.1) is 6.92 Å². The first-order valence-electron chi connectivity index (χ1n) is 6.88. The number of ether oxygens (including phenoxy) is 1. The lowest BCUT2D eigenvalue weighted by atomic mass is 10.1. The first-order chi connectivity index (χ1) is 10.1. The van der Waals surface area contributed by atoms with Crippen molar-refractivity contribution in [1.29, 1.82) is 0 Å². The Kier molecular flexibility index (Phi) is 4.87. The van der Waals surface area contributed by atoms with Gasteiger partial charge in [-0.3, -0.25) is 0 Å². The zero-order chi connectivity index (χ0) is 15.2. The van der Waals surface area contributed by atoms with Crippen molar-refractivity contribution >= 4 is 11.7 Å². The van der Waals surface area contributed by atoms with Crippen LogP contribution in [0.3, 0.4) is 0 Å². The number of nitrogens with zero attached hydrogens (tertiary/aromatic N) is 2. The minimum atomic E-state index is -0.337. The predicted molar refractivity (Wildman–Crippen MR) is 81.9 cm³/mol. The van der Waals surface area contributed by atoms with Gasteiger partial charge in [-0.25, -0.2) is 14.8 Å². The molecule has 1 atom stereocenters. The fraction of sp³-hybridized carbons (Fsp3) is 0.312. The van der Waals surface area contributed by atoms with Crippen LogP contribution in [-0.4, -0.2) is 29.1 Å². The number of methoxy groups -OCH3 is 1. The Morgan fingerprint density at radius 2 is 2.00 bits per heavy atom. The van der Waals surface area contributed by atoms with Crippen LogP contribution in [0.5, 0.6) is 0 Å². The third-order valence-corrected chi connectivity index (χ3v) is 3.17. The molecule has 0 bridgehead atoms. The second-order valence-electron chi connectivity index (χ2n) is 4.73. The van der Waals surface area contributed by atoms with Gasteiger partial charge in [-0.2, -0.15) is 0 Å². The number of carbonyl (C=O) groups is 1. The van der Waals surface area contributed by atoms with Gasteiger partial charge in [-0.05, 0) is 43.7 Å². The highest BCUT2D eigenvalue weighted by Gasteiger charge is 2.16. The summed E-state index contributed by atoms with van der Waals surface area (Å²) in [6.07, 6.45) is 2.41. The lowest BCUT2D eigenvalue weighted by Crippen LogP contribution is -2.29. The summed E-state index contributed by atoms with van der Waals surface area (Å²) in [5.41, 5.74) is 2.73. The molecular formula is C16H19N3O2. The topological polar surface area (TPSA) is 64.1 Å². The third kappa shape index (κ3) is 3.78. The van der Waals surface area contributed by atoms with E-state index in [1.807, 2.05) is 44.2 Å². The van der Waals surface area contributed by atoms with Crippen LogP contribution in [-0.2, 0) is 9.53 Å². The SMILES string of the molecule is CC[C@H](Nc1ccc(-c2nccc(C)n2)cc1)C(=O)OC. The van der Waals surface area contributed by atoms with Crippen LogP contribution in [0.25, 0.3) is 11.4 Å². The molecule has 0 amide bonds. The fourth-order valence-electron chi connectivity index (χ4n) is 1.97. The molecule has 0 spiro atoms. The van der Waals surface area contributed by atoms with Gasteiger partial charge >= 0.3 is 5.97 Å². The van der Waals surface area contributed by atoms with Gasteiger partial charge in [0.25, 0.3) is 0 Å². The number of carbonyl (C=O) groups excluding carboxylic acids is 1. The van der Waals surface area contributed by atoms with Gasteiger partial charge in [-0.15, -0.1) is 0 Å². The molecule has 1 N–H and O–H groups in total. The van der Waals surface area contributed by atoms with Gasteiger partial charge in [0.2, 0.25) is 0 Å². The quantitative estimate of drug-likeness (QED) is 0.856. The number of aryl methyl sites for hydroxylation is 1. The second kappa shape index (κ2) is 6.83. The maximum atomic E-state index is 11.6. The lowest BCUT2D eigenvalue weighted by molar-refractivity contribution is -0.141. The first-order valence-corrected chi connectivity index (χ1v) is 6.88. The van der Waals surface area contributed by atoms with Crippen LogP contribution in [0.2, 0.25) is 0 Å². The van der Waals surface area contributed by atoms with E-state index in [9.17, 15) is 4.79 Å². The Hall–Kier alpha value is -2.43. The molecule has 0 unspecified atom stereocenters. The van der Waals surface area contributed by atoms with Gasteiger partial charge in [0, 0.05) is 23.1 Å². The third-order valence-electron chi connectivity index (χ3n) is 3.17. The minimum absolute atomic E-state index is 0.261. The van der Waals surface area contributed by atoms with Crippen molar-refractivity contribution in [3.8, 4) is 11.4 Å². The zero-order valence-corrected chi connectivity index (χ0v) is 12.5. The molecule has 1 aromatic carbocycles. The van der Waals surface area contributed by atoms with Crippen LogP contribution in [0.1, 0.15) is 19.0 Å². The highest BCUT2D eigenvalue weighted by Crippen LogP contribution is 2.19. The molecular weight excluding hydrogens is 266 g/mol. The van der Waals surface area contributed by atoms with Crippen molar-refractivity contribution in [2.24, 2.45) is 0 Å². The van der Waals surface area contributed by atoms with E-state index in [2.05, 4.69) is 15.3 Å². The van der Waals surface area contributed by atoms with E-state index >= 15 is 0 Å². The molecule has 1 aromatic heterocycles. The Balaban J connectivity index is 2.13. The molecule has 0 fully saturated rings. The molecule has 0 radical (unpaired) electrons. The number of nitrogens with one attached hydrogen (secondary N) is 1. The molecule has 21 heavy (non-hydrogen) atoms. The summed E-state index contributed by atoms with van der Waals surface area (Å²) in [5, 5.41) is 3.15. The van der Waals surface area contributed by atoms with E-state index in [0.29, 0.717) is 12.2 Å². The van der Waals surface area contributed by atoms with Crippen LogP contribution in [0.15, 0.2) is 36.5 Å². The average molecular weight is 285 g/mol. The number of benzene rings is 1. The monoisotopic (exact) mass is 285 g/mol. The highest BCUT2D eigenvalue weighted by molar-refractivity contribution is 5.79. The van der Waals surface area contributed by atoms with Crippen molar-refractivity contribution in [1.82, 2.24) is 9.97 Å². The normalized spacial score (nSPS) is 11.8. The zero-order valence-electron chi connectivity index (χ0n) is 12.5. The predicted octanol–water partition coefficient (Wildman–Crippen LogP) is 2.82. The molecule has 5 heteroatoms. The summed E-state index contributed by atoms with van der Waals surface area (Å²) in [4.78, 5) is 20.2. The number of hydrogen-bond acceptors (Lipinski definition) is 5. The first kappa shape index (κ1) is 15.0. The molecule has 0 saturated carbocycles.